The number of carbonyl (C=O) groups is 2. The number of rotatable bonds is 4. The second-order valence-corrected chi connectivity index (χ2v) is 3.80. The lowest BCUT2D eigenvalue weighted by Crippen LogP contribution is -2.13. The number of aromatic carboxylic acids is 1. The minimum atomic E-state index is -1.09. The molecule has 102 valence electrons. The predicted octanol–water partition coefficient (Wildman–Crippen LogP) is 1.44. The summed E-state index contributed by atoms with van der Waals surface area (Å²) in [5.74, 6) is -1.18. The molecule has 20 heavy (non-hydrogen) atoms. The average molecular weight is 273 g/mol. The number of carboxylic acids is 1. The molecule has 0 aliphatic heterocycles. The standard InChI is InChI=1S/C13H11N3O4/c1-20-11-3-2-8(13(18)19)4-10(11)16-12(17)9-5-14-7-15-6-9/h2-7H,1H3,(H,16,17)(H,18,19). The normalized spacial score (nSPS) is 9.85. The van der Waals surface area contributed by atoms with E-state index in [1.54, 1.807) is 0 Å². The molecule has 0 atom stereocenters. The number of nitrogens with one attached hydrogen (secondary N) is 1. The second kappa shape index (κ2) is 5.79. The Balaban J connectivity index is 2.30. The third kappa shape index (κ3) is 2.89. The summed E-state index contributed by atoms with van der Waals surface area (Å²) in [5, 5.41) is 11.5. The highest BCUT2D eigenvalue weighted by atomic mass is 16.5. The van der Waals surface area contributed by atoms with Crippen molar-refractivity contribution < 1.29 is 19.4 Å². The van der Waals surface area contributed by atoms with Gasteiger partial charge in [-0.1, -0.05) is 0 Å². The summed E-state index contributed by atoms with van der Waals surface area (Å²) >= 11 is 0. The van der Waals surface area contributed by atoms with E-state index < -0.39 is 11.9 Å². The molecule has 1 aromatic heterocycles. The van der Waals surface area contributed by atoms with E-state index in [9.17, 15) is 9.59 Å². The number of methoxy groups -OCH3 is 1. The third-order valence-corrected chi connectivity index (χ3v) is 2.52. The van der Waals surface area contributed by atoms with Crippen molar-refractivity contribution in [1.29, 1.82) is 0 Å². The van der Waals surface area contributed by atoms with Gasteiger partial charge in [0.25, 0.3) is 5.91 Å². The van der Waals surface area contributed by atoms with Gasteiger partial charge in [0.15, 0.2) is 0 Å². The molecule has 7 heteroatoms. The number of nitrogens with zero attached hydrogens (tertiary/aromatic N) is 2. The highest BCUT2D eigenvalue weighted by Crippen LogP contribution is 2.26. The fourth-order valence-corrected chi connectivity index (χ4v) is 1.55. The maximum Gasteiger partial charge on any atom is 0.335 e. The van der Waals surface area contributed by atoms with E-state index in [4.69, 9.17) is 9.84 Å². The molecule has 7 nitrogen and oxygen atoms in total. The molecule has 1 amide bonds. The van der Waals surface area contributed by atoms with Crippen LogP contribution in [0, 0.1) is 0 Å². The Labute approximate surface area is 114 Å². The zero-order valence-electron chi connectivity index (χ0n) is 10.5. The molecule has 0 aliphatic carbocycles. The van der Waals surface area contributed by atoms with Gasteiger partial charge in [0.1, 0.15) is 12.1 Å². The van der Waals surface area contributed by atoms with Crippen LogP contribution in [0.25, 0.3) is 0 Å². The van der Waals surface area contributed by atoms with Gasteiger partial charge in [0.05, 0.1) is 23.9 Å². The summed E-state index contributed by atoms with van der Waals surface area (Å²) in [6, 6.07) is 4.19. The zero-order chi connectivity index (χ0) is 14.5. The van der Waals surface area contributed by atoms with Gasteiger partial charge >= 0.3 is 5.97 Å². The number of amides is 1. The highest BCUT2D eigenvalue weighted by Gasteiger charge is 2.13. The maximum absolute atomic E-state index is 12.0. The van der Waals surface area contributed by atoms with Gasteiger partial charge in [-0.2, -0.15) is 0 Å². The minimum Gasteiger partial charge on any atom is -0.495 e. The van der Waals surface area contributed by atoms with Gasteiger partial charge in [-0.25, -0.2) is 14.8 Å². The summed E-state index contributed by atoms with van der Waals surface area (Å²) in [4.78, 5) is 30.4. The van der Waals surface area contributed by atoms with Crippen molar-refractivity contribution in [1.82, 2.24) is 9.97 Å². The van der Waals surface area contributed by atoms with Crippen molar-refractivity contribution >= 4 is 17.6 Å². The SMILES string of the molecule is COc1ccc(C(=O)O)cc1NC(=O)c1cncnc1. The minimum absolute atomic E-state index is 0.0467. The number of aromatic nitrogens is 2. The molecule has 0 radical (unpaired) electrons. The monoisotopic (exact) mass is 273 g/mol. The van der Waals surface area contributed by atoms with E-state index in [-0.39, 0.29) is 16.8 Å². The second-order valence-electron chi connectivity index (χ2n) is 3.80. The van der Waals surface area contributed by atoms with E-state index in [0.29, 0.717) is 5.75 Å². The van der Waals surface area contributed by atoms with Crippen LogP contribution in [0.2, 0.25) is 0 Å². The van der Waals surface area contributed by atoms with Crippen molar-refractivity contribution in [3.63, 3.8) is 0 Å². The van der Waals surface area contributed by atoms with E-state index in [1.165, 1.54) is 44.0 Å². The number of hydrogen-bond donors (Lipinski definition) is 2. The highest BCUT2D eigenvalue weighted by molar-refractivity contribution is 6.05. The molecule has 1 aromatic carbocycles. The molecular weight excluding hydrogens is 262 g/mol. The molecular formula is C13H11N3O4. The molecule has 2 aromatic rings. The topological polar surface area (TPSA) is 101 Å². The Bertz CT molecular complexity index is 643. The van der Waals surface area contributed by atoms with Gasteiger partial charge in [-0.3, -0.25) is 4.79 Å². The van der Waals surface area contributed by atoms with E-state index >= 15 is 0 Å². The van der Waals surface area contributed by atoms with Gasteiger partial charge in [-0.15, -0.1) is 0 Å². The summed E-state index contributed by atoms with van der Waals surface area (Å²) < 4.78 is 5.08. The van der Waals surface area contributed by atoms with E-state index in [2.05, 4.69) is 15.3 Å². The smallest absolute Gasteiger partial charge is 0.335 e. The molecule has 0 bridgehead atoms. The van der Waals surface area contributed by atoms with Gasteiger partial charge in [-0.05, 0) is 18.2 Å². The average Bonchev–Trinajstić information content (AvgIpc) is 2.48. The van der Waals surface area contributed by atoms with Gasteiger partial charge in [0, 0.05) is 12.4 Å². The molecule has 2 rings (SSSR count). The molecule has 0 spiro atoms. The Morgan fingerprint density at radius 1 is 1.20 bits per heavy atom. The van der Waals surface area contributed by atoms with Crippen LogP contribution in [-0.4, -0.2) is 34.1 Å². The molecule has 0 saturated heterocycles. The number of carboxylic acid groups (broad SMARTS) is 1. The molecule has 1 heterocycles. The number of benzene rings is 1. The van der Waals surface area contributed by atoms with Crippen molar-refractivity contribution in [2.24, 2.45) is 0 Å². The molecule has 0 saturated carbocycles. The van der Waals surface area contributed by atoms with E-state index in [0.717, 1.165) is 0 Å². The zero-order valence-corrected chi connectivity index (χ0v) is 10.5. The largest absolute Gasteiger partial charge is 0.495 e. The van der Waals surface area contributed by atoms with Crippen LogP contribution in [-0.2, 0) is 0 Å². The molecule has 0 fully saturated rings. The van der Waals surface area contributed by atoms with Crippen LogP contribution in [0.3, 0.4) is 0 Å². The summed E-state index contributed by atoms with van der Waals surface area (Å²) in [6.07, 6.45) is 4.02. The van der Waals surface area contributed by atoms with Crippen LogP contribution in [0.15, 0.2) is 36.9 Å². The Hall–Kier alpha value is -2.96. The first-order chi connectivity index (χ1) is 9.61. The molecule has 0 unspecified atom stereocenters. The summed E-state index contributed by atoms with van der Waals surface area (Å²) in [7, 11) is 1.43. The lowest BCUT2D eigenvalue weighted by atomic mass is 10.2. The number of hydrogen-bond acceptors (Lipinski definition) is 5. The first-order valence-electron chi connectivity index (χ1n) is 5.59. The van der Waals surface area contributed by atoms with Crippen LogP contribution in [0.5, 0.6) is 5.75 Å². The fourth-order valence-electron chi connectivity index (χ4n) is 1.55. The predicted molar refractivity (Wildman–Crippen MR) is 69.9 cm³/mol. The van der Waals surface area contributed by atoms with Crippen molar-refractivity contribution in [2.75, 3.05) is 12.4 Å². The third-order valence-electron chi connectivity index (χ3n) is 2.52. The first-order valence-corrected chi connectivity index (χ1v) is 5.59. The van der Waals surface area contributed by atoms with Crippen molar-refractivity contribution in [2.45, 2.75) is 0 Å². The first kappa shape index (κ1) is 13.5. The fraction of sp³-hybridized carbons (Fsp3) is 0.0769. The van der Waals surface area contributed by atoms with Crippen LogP contribution in [0.4, 0.5) is 5.69 Å². The van der Waals surface area contributed by atoms with Crippen molar-refractivity contribution in [3.05, 3.63) is 48.0 Å². The number of carbonyl (C=O) groups excluding carboxylic acids is 1. The van der Waals surface area contributed by atoms with Crippen LogP contribution >= 0.6 is 0 Å². The molecule has 0 aliphatic rings. The van der Waals surface area contributed by atoms with Crippen molar-refractivity contribution in [3.8, 4) is 5.75 Å². The summed E-state index contributed by atoms with van der Waals surface area (Å²) in [6.45, 7) is 0. The lowest BCUT2D eigenvalue weighted by molar-refractivity contribution is 0.0696. The maximum atomic E-state index is 12.0. The quantitative estimate of drug-likeness (QED) is 0.873. The lowest BCUT2D eigenvalue weighted by Gasteiger charge is -2.10. The molecule has 2 N–H and O–H groups in total. The Morgan fingerprint density at radius 3 is 2.50 bits per heavy atom. The van der Waals surface area contributed by atoms with Gasteiger partial charge in [0.2, 0.25) is 0 Å². The Morgan fingerprint density at radius 2 is 1.90 bits per heavy atom. The number of anilines is 1. The summed E-state index contributed by atoms with van der Waals surface area (Å²) in [5.41, 5.74) is 0.571. The van der Waals surface area contributed by atoms with E-state index in [1.807, 2.05) is 0 Å². The van der Waals surface area contributed by atoms with Crippen LogP contribution < -0.4 is 10.1 Å². The number of ether oxygens (including phenoxy) is 1. The van der Waals surface area contributed by atoms with Crippen LogP contribution in [0.1, 0.15) is 20.7 Å². The Kier molecular flexibility index (Phi) is 3.90. The van der Waals surface area contributed by atoms with Gasteiger partial charge < -0.3 is 15.2 Å².